The van der Waals surface area contributed by atoms with E-state index in [1.165, 1.54) is 17.8 Å². The van der Waals surface area contributed by atoms with Gasteiger partial charge in [-0.3, -0.25) is 13.9 Å². The first-order chi connectivity index (χ1) is 19.0. The maximum absolute atomic E-state index is 13.8. The predicted molar refractivity (Wildman–Crippen MR) is 143 cm³/mol. The Balaban J connectivity index is 1.52. The van der Waals surface area contributed by atoms with Gasteiger partial charge in [-0.2, -0.15) is 15.1 Å². The molecule has 1 fully saturated rings. The molecule has 6 atom stereocenters. The summed E-state index contributed by atoms with van der Waals surface area (Å²) in [5, 5.41) is 13.5. The number of nitrogens with zero attached hydrogens (tertiary/aromatic N) is 4. The lowest BCUT2D eigenvalue weighted by Gasteiger charge is -2.25. The van der Waals surface area contributed by atoms with E-state index in [2.05, 4.69) is 20.0 Å². The van der Waals surface area contributed by atoms with Gasteiger partial charge in [0.1, 0.15) is 24.0 Å². The van der Waals surface area contributed by atoms with Crippen molar-refractivity contribution in [2.24, 2.45) is 5.73 Å². The summed E-state index contributed by atoms with van der Waals surface area (Å²) in [6.45, 7) is 6.59. The normalized spacial score (nSPS) is 23.2. The van der Waals surface area contributed by atoms with Crippen LogP contribution >= 0.6 is 7.75 Å². The third-order valence-electron chi connectivity index (χ3n) is 5.82. The zero-order valence-corrected chi connectivity index (χ0v) is 23.4. The Morgan fingerprint density at radius 3 is 2.65 bits per heavy atom. The van der Waals surface area contributed by atoms with E-state index in [0.717, 1.165) is 0 Å². The van der Waals surface area contributed by atoms with E-state index in [9.17, 15) is 14.5 Å². The first-order valence-corrected chi connectivity index (χ1v) is 14.2. The van der Waals surface area contributed by atoms with Gasteiger partial charge in [0.05, 0.1) is 31.7 Å². The zero-order valence-electron chi connectivity index (χ0n) is 22.5. The Kier molecular flexibility index (Phi) is 9.23. The molecule has 6 N–H and O–H groups in total. The van der Waals surface area contributed by atoms with Gasteiger partial charge in [0, 0.05) is 0 Å². The molecule has 0 bridgehead atoms. The number of aliphatic hydroxyl groups excluding tert-OH is 1. The van der Waals surface area contributed by atoms with Crippen molar-refractivity contribution in [3.05, 3.63) is 36.7 Å². The second kappa shape index (κ2) is 12.5. The number of imidazole rings is 1. The number of benzene rings is 1. The first kappa shape index (κ1) is 29.6. The molecule has 0 saturated carbocycles. The van der Waals surface area contributed by atoms with Crippen molar-refractivity contribution in [1.82, 2.24) is 24.6 Å². The molecule has 0 amide bonds. The maximum atomic E-state index is 13.8. The Hall–Kier alpha value is -3.33. The number of aromatic nitrogens is 4. The van der Waals surface area contributed by atoms with Crippen LogP contribution in [0.15, 0.2) is 36.7 Å². The summed E-state index contributed by atoms with van der Waals surface area (Å²) in [6.07, 6.45) is -2.15. The van der Waals surface area contributed by atoms with E-state index in [1.807, 2.05) is 0 Å². The molecule has 16 heteroatoms. The fourth-order valence-electron chi connectivity index (χ4n) is 3.99. The molecule has 6 unspecified atom stereocenters. The minimum absolute atomic E-state index is 0.0418. The van der Waals surface area contributed by atoms with Crippen molar-refractivity contribution in [2.75, 3.05) is 18.9 Å². The number of nitrogens with two attached hydrogens (primary N) is 2. The lowest BCUT2D eigenvalue weighted by atomic mass is 10.1. The number of hydrogen-bond donors (Lipinski definition) is 4. The second-order valence-electron chi connectivity index (χ2n) is 9.31. The van der Waals surface area contributed by atoms with Gasteiger partial charge in [0.25, 0.3) is 0 Å². The Morgan fingerprint density at radius 1 is 1.25 bits per heavy atom. The number of rotatable bonds is 12. The molecule has 0 spiro atoms. The lowest BCUT2D eigenvalue weighted by molar-refractivity contribution is -0.149. The first-order valence-electron chi connectivity index (χ1n) is 12.7. The number of anilines is 1. The molecular weight excluding hydrogens is 545 g/mol. The molecule has 1 aromatic carbocycles. The van der Waals surface area contributed by atoms with Gasteiger partial charge in [0.15, 0.2) is 17.4 Å². The maximum Gasteiger partial charge on any atom is 0.459 e. The van der Waals surface area contributed by atoms with E-state index in [1.54, 1.807) is 51.1 Å². The molecule has 1 saturated heterocycles. The molecule has 1 aliphatic heterocycles. The quantitative estimate of drug-likeness (QED) is 0.177. The average Bonchev–Trinajstić information content (AvgIpc) is 3.43. The Bertz CT molecular complexity index is 1360. The highest BCUT2D eigenvalue weighted by molar-refractivity contribution is 7.52. The highest BCUT2D eigenvalue weighted by Crippen LogP contribution is 2.46. The summed E-state index contributed by atoms with van der Waals surface area (Å²) in [5.41, 5.74) is 12.8. The number of hydrogen-bond acceptors (Lipinski definition) is 13. The molecule has 40 heavy (non-hydrogen) atoms. The molecule has 3 heterocycles. The van der Waals surface area contributed by atoms with Crippen LogP contribution in [-0.4, -0.2) is 74.2 Å². The monoisotopic (exact) mass is 579 g/mol. The van der Waals surface area contributed by atoms with Crippen LogP contribution in [0.1, 0.15) is 33.9 Å². The van der Waals surface area contributed by atoms with Crippen LogP contribution in [0.2, 0.25) is 0 Å². The number of nitrogen functional groups attached to an aromatic ring is 1. The topological polar surface area (TPSA) is 208 Å². The molecule has 2 aromatic heterocycles. The summed E-state index contributed by atoms with van der Waals surface area (Å²) in [6, 6.07) is 6.31. The molecule has 15 nitrogen and oxygen atoms in total. The molecule has 0 radical (unpaired) electrons. The number of carbonyl (C=O) groups is 1. The number of aliphatic hydroxyl groups is 1. The van der Waals surface area contributed by atoms with Crippen molar-refractivity contribution in [3.8, 4) is 11.6 Å². The van der Waals surface area contributed by atoms with Crippen molar-refractivity contribution in [1.29, 1.82) is 0 Å². The predicted octanol–water partition coefficient (Wildman–Crippen LogP) is 1.53. The van der Waals surface area contributed by atoms with Gasteiger partial charge in [-0.1, -0.05) is 18.2 Å². The van der Waals surface area contributed by atoms with Crippen LogP contribution in [0.4, 0.5) is 5.95 Å². The Morgan fingerprint density at radius 2 is 1.98 bits per heavy atom. The van der Waals surface area contributed by atoms with Crippen LogP contribution in [0.3, 0.4) is 0 Å². The van der Waals surface area contributed by atoms with Gasteiger partial charge in [0.2, 0.25) is 11.8 Å². The number of ether oxygens (including phenoxy) is 3. The average molecular weight is 580 g/mol. The number of fused-ring (bicyclic) bond motifs is 1. The SMILES string of the molecule is CCOc1nc(N)nc2c1ncn2C1OC(COP(=O)(NC(C)C(=O)OC(C)C)Oc2ccccc2)C(O)C1N. The lowest BCUT2D eigenvalue weighted by Crippen LogP contribution is -2.41. The Labute approximate surface area is 230 Å². The van der Waals surface area contributed by atoms with E-state index >= 15 is 0 Å². The number of carbonyl (C=O) groups excluding carboxylic acids is 1. The highest BCUT2D eigenvalue weighted by atomic mass is 31.2. The van der Waals surface area contributed by atoms with Gasteiger partial charge >= 0.3 is 13.7 Å². The van der Waals surface area contributed by atoms with Crippen LogP contribution in [0.25, 0.3) is 11.2 Å². The van der Waals surface area contributed by atoms with Gasteiger partial charge in [-0.05, 0) is 39.8 Å². The summed E-state index contributed by atoms with van der Waals surface area (Å²) >= 11 is 0. The summed E-state index contributed by atoms with van der Waals surface area (Å²) in [5.74, 6) is -0.252. The standard InChI is InChI=1S/C24H34N7O8P/c1-5-35-21-18-20(28-24(26)29-21)31(12-27-18)22-17(25)19(32)16(38-22)11-36-40(34,39-15-9-7-6-8-10-15)30-14(4)23(33)37-13(2)3/h6-10,12-14,16-17,19,22,32H,5,11,25H2,1-4H3,(H,30,34)(H2,26,28,29). The number of esters is 1. The summed E-state index contributed by atoms with van der Waals surface area (Å²) < 4.78 is 43.3. The van der Waals surface area contributed by atoms with Crippen molar-refractivity contribution < 1.29 is 37.7 Å². The molecule has 1 aliphatic rings. The molecule has 4 rings (SSSR count). The van der Waals surface area contributed by atoms with E-state index in [0.29, 0.717) is 17.8 Å². The van der Waals surface area contributed by atoms with Crippen LogP contribution in [-0.2, 0) is 23.4 Å². The van der Waals surface area contributed by atoms with Crippen molar-refractivity contribution >= 4 is 30.8 Å². The van der Waals surface area contributed by atoms with Crippen molar-refractivity contribution in [3.63, 3.8) is 0 Å². The molecule has 0 aliphatic carbocycles. The fourth-order valence-corrected chi connectivity index (χ4v) is 5.49. The largest absolute Gasteiger partial charge is 0.476 e. The van der Waals surface area contributed by atoms with Gasteiger partial charge in [-0.15, -0.1) is 0 Å². The molecular formula is C24H34N7O8P. The third-order valence-corrected chi connectivity index (χ3v) is 7.46. The van der Waals surface area contributed by atoms with E-state index < -0.39 is 50.8 Å². The minimum Gasteiger partial charge on any atom is -0.476 e. The number of para-hydroxylation sites is 1. The summed E-state index contributed by atoms with van der Waals surface area (Å²) in [7, 11) is -4.19. The third kappa shape index (κ3) is 6.69. The van der Waals surface area contributed by atoms with Crippen LogP contribution < -0.4 is 25.8 Å². The van der Waals surface area contributed by atoms with Crippen molar-refractivity contribution in [2.45, 2.75) is 64.3 Å². The van der Waals surface area contributed by atoms with Crippen LogP contribution in [0.5, 0.6) is 11.6 Å². The van der Waals surface area contributed by atoms with Gasteiger partial charge in [-0.25, -0.2) is 9.55 Å². The summed E-state index contributed by atoms with van der Waals surface area (Å²) in [4.78, 5) is 25.0. The zero-order chi connectivity index (χ0) is 29.0. The van der Waals surface area contributed by atoms with Gasteiger partial charge < -0.3 is 35.3 Å². The minimum atomic E-state index is -4.19. The van der Waals surface area contributed by atoms with E-state index in [-0.39, 0.29) is 23.7 Å². The molecule has 218 valence electrons. The fraction of sp³-hybridized carbons (Fsp3) is 0.500. The highest BCUT2D eigenvalue weighted by Gasteiger charge is 2.45. The smallest absolute Gasteiger partial charge is 0.459 e. The second-order valence-corrected chi connectivity index (χ2v) is 11.0. The van der Waals surface area contributed by atoms with E-state index in [4.69, 9.17) is 34.7 Å². The molecule has 3 aromatic rings. The number of nitrogens with one attached hydrogen (secondary N) is 1. The van der Waals surface area contributed by atoms with Crippen LogP contribution in [0, 0.1) is 0 Å².